The van der Waals surface area contributed by atoms with Crippen molar-refractivity contribution in [3.63, 3.8) is 0 Å². The number of hydrogen-bond acceptors (Lipinski definition) is 3. The van der Waals surface area contributed by atoms with Crippen molar-refractivity contribution in [1.29, 1.82) is 0 Å². The average Bonchev–Trinajstić information content (AvgIpc) is 2.37. The third-order valence-corrected chi connectivity index (χ3v) is 3.09. The lowest BCUT2D eigenvalue weighted by molar-refractivity contribution is -0.127. The van der Waals surface area contributed by atoms with Gasteiger partial charge in [-0.3, -0.25) is 4.79 Å². The number of hydrogen-bond donors (Lipinski definition) is 2. The Hall–Kier alpha value is -1.07. The summed E-state index contributed by atoms with van der Waals surface area (Å²) in [6.45, 7) is 6.85. The van der Waals surface area contributed by atoms with Gasteiger partial charge in [0.2, 0.25) is 0 Å². The lowest BCUT2D eigenvalue weighted by Crippen LogP contribution is -2.38. The summed E-state index contributed by atoms with van der Waals surface area (Å²) in [6, 6.07) is 5.58. The van der Waals surface area contributed by atoms with Gasteiger partial charge < -0.3 is 15.8 Å². The Morgan fingerprint density at radius 2 is 2.11 bits per heavy atom. The summed E-state index contributed by atoms with van der Waals surface area (Å²) in [5.41, 5.74) is 6.54. The van der Waals surface area contributed by atoms with Crippen LogP contribution in [0.1, 0.15) is 26.3 Å². The van der Waals surface area contributed by atoms with E-state index in [1.54, 1.807) is 6.92 Å². The number of nitrogens with one attached hydrogen (secondary N) is 1. The molecule has 106 valence electrons. The van der Waals surface area contributed by atoms with Crippen molar-refractivity contribution in [1.82, 2.24) is 5.32 Å². The molecular weight excluding hydrogens is 308 g/mol. The number of amides is 1. The number of carbonyl (C=O) groups is 1. The molecule has 0 fully saturated rings. The highest BCUT2D eigenvalue weighted by Crippen LogP contribution is 2.23. The van der Waals surface area contributed by atoms with E-state index in [1.807, 2.05) is 32.0 Å². The summed E-state index contributed by atoms with van der Waals surface area (Å²) in [5, 5.41) is 2.85. The highest BCUT2D eigenvalue weighted by atomic mass is 79.9. The molecule has 0 saturated heterocycles. The van der Waals surface area contributed by atoms with Crippen LogP contribution in [-0.2, 0) is 11.3 Å². The molecule has 0 heterocycles. The fourth-order valence-corrected chi connectivity index (χ4v) is 1.92. The van der Waals surface area contributed by atoms with Gasteiger partial charge >= 0.3 is 0 Å². The Bertz CT molecular complexity index is 435. The van der Waals surface area contributed by atoms with Crippen molar-refractivity contribution in [2.45, 2.75) is 33.4 Å². The second-order valence-corrected chi connectivity index (χ2v) is 5.77. The van der Waals surface area contributed by atoms with Crippen LogP contribution in [0.2, 0.25) is 0 Å². The topological polar surface area (TPSA) is 64.3 Å². The first-order chi connectivity index (χ1) is 8.93. The zero-order valence-corrected chi connectivity index (χ0v) is 13.2. The van der Waals surface area contributed by atoms with E-state index in [2.05, 4.69) is 21.2 Å². The van der Waals surface area contributed by atoms with Crippen LogP contribution in [-0.4, -0.2) is 18.6 Å². The highest BCUT2D eigenvalue weighted by Gasteiger charge is 2.16. The van der Waals surface area contributed by atoms with E-state index in [1.165, 1.54) is 0 Å². The number of rotatable bonds is 6. The van der Waals surface area contributed by atoms with Crippen molar-refractivity contribution in [3.8, 4) is 5.75 Å². The fraction of sp³-hybridized carbons (Fsp3) is 0.500. The van der Waals surface area contributed by atoms with Crippen LogP contribution in [0.3, 0.4) is 0 Å². The largest absolute Gasteiger partial charge is 0.481 e. The summed E-state index contributed by atoms with van der Waals surface area (Å²) < 4.78 is 6.61. The molecule has 1 aromatic carbocycles. The van der Waals surface area contributed by atoms with E-state index in [0.29, 0.717) is 24.8 Å². The number of benzene rings is 1. The molecule has 0 aromatic heterocycles. The molecule has 1 aromatic rings. The molecule has 5 heteroatoms. The molecular formula is C14H21BrN2O2. The maximum atomic E-state index is 11.8. The Kier molecular flexibility index (Phi) is 6.31. The average molecular weight is 329 g/mol. The van der Waals surface area contributed by atoms with E-state index in [-0.39, 0.29) is 5.91 Å². The second kappa shape index (κ2) is 7.50. The van der Waals surface area contributed by atoms with Gasteiger partial charge in [0.05, 0.1) is 0 Å². The zero-order valence-electron chi connectivity index (χ0n) is 11.6. The van der Waals surface area contributed by atoms with Crippen LogP contribution in [0.15, 0.2) is 22.7 Å². The minimum Gasteiger partial charge on any atom is -0.481 e. The molecule has 1 rings (SSSR count). The van der Waals surface area contributed by atoms with Crippen LogP contribution < -0.4 is 15.8 Å². The van der Waals surface area contributed by atoms with Crippen LogP contribution in [0, 0.1) is 5.92 Å². The maximum absolute atomic E-state index is 11.8. The first kappa shape index (κ1) is 16.0. The number of nitrogens with two attached hydrogens (primary N) is 1. The Morgan fingerprint density at radius 1 is 1.42 bits per heavy atom. The molecule has 0 aliphatic carbocycles. The molecule has 0 radical (unpaired) electrons. The quantitative estimate of drug-likeness (QED) is 0.843. The molecule has 0 aliphatic rings. The number of carbonyl (C=O) groups excluding carboxylic acids is 1. The van der Waals surface area contributed by atoms with Crippen LogP contribution in [0.5, 0.6) is 5.75 Å². The van der Waals surface area contributed by atoms with Crippen molar-refractivity contribution < 1.29 is 9.53 Å². The van der Waals surface area contributed by atoms with Crippen molar-refractivity contribution in [3.05, 3.63) is 28.2 Å². The Labute approximate surface area is 122 Å². The van der Waals surface area contributed by atoms with Crippen molar-refractivity contribution >= 4 is 21.8 Å². The molecule has 0 aliphatic heterocycles. The minimum absolute atomic E-state index is 0.111. The first-order valence-electron chi connectivity index (χ1n) is 6.37. The van der Waals surface area contributed by atoms with Gasteiger partial charge in [0, 0.05) is 23.1 Å². The van der Waals surface area contributed by atoms with Crippen LogP contribution >= 0.6 is 15.9 Å². The molecule has 0 saturated carbocycles. The fourth-order valence-electron chi connectivity index (χ4n) is 1.51. The van der Waals surface area contributed by atoms with Crippen molar-refractivity contribution in [2.24, 2.45) is 11.7 Å². The second-order valence-electron chi connectivity index (χ2n) is 4.86. The molecule has 1 amide bonds. The van der Waals surface area contributed by atoms with Gasteiger partial charge in [-0.1, -0.05) is 29.8 Å². The number of ether oxygens (including phenoxy) is 1. The monoisotopic (exact) mass is 328 g/mol. The third kappa shape index (κ3) is 5.20. The summed E-state index contributed by atoms with van der Waals surface area (Å²) in [7, 11) is 0. The van der Waals surface area contributed by atoms with Gasteiger partial charge in [-0.05, 0) is 31.0 Å². The van der Waals surface area contributed by atoms with E-state index < -0.39 is 6.10 Å². The van der Waals surface area contributed by atoms with Crippen molar-refractivity contribution in [2.75, 3.05) is 6.54 Å². The molecule has 0 bridgehead atoms. The Morgan fingerprint density at radius 3 is 2.68 bits per heavy atom. The molecule has 4 nitrogen and oxygen atoms in total. The maximum Gasteiger partial charge on any atom is 0.260 e. The summed E-state index contributed by atoms with van der Waals surface area (Å²) >= 11 is 3.38. The molecule has 19 heavy (non-hydrogen) atoms. The molecule has 3 N–H and O–H groups in total. The van der Waals surface area contributed by atoms with Crippen LogP contribution in [0.25, 0.3) is 0 Å². The van der Waals surface area contributed by atoms with Gasteiger partial charge in [-0.2, -0.15) is 0 Å². The smallest absolute Gasteiger partial charge is 0.260 e. The first-order valence-corrected chi connectivity index (χ1v) is 7.16. The van der Waals surface area contributed by atoms with Gasteiger partial charge in [0.1, 0.15) is 5.75 Å². The minimum atomic E-state index is -0.537. The van der Waals surface area contributed by atoms with E-state index in [0.717, 1.165) is 10.0 Å². The van der Waals surface area contributed by atoms with E-state index in [4.69, 9.17) is 10.5 Å². The lowest BCUT2D eigenvalue weighted by Gasteiger charge is -2.17. The third-order valence-electron chi connectivity index (χ3n) is 2.60. The van der Waals surface area contributed by atoms with E-state index in [9.17, 15) is 4.79 Å². The predicted octanol–water partition coefficient (Wildman–Crippen LogP) is 2.45. The number of halogens is 1. The lowest BCUT2D eigenvalue weighted by atomic mass is 10.2. The van der Waals surface area contributed by atoms with Gasteiger partial charge in [0.25, 0.3) is 5.91 Å². The molecule has 1 atom stereocenters. The zero-order chi connectivity index (χ0) is 14.4. The summed E-state index contributed by atoms with van der Waals surface area (Å²) in [5.74, 6) is 0.959. The SMILES string of the molecule is CC(C)CNC(=O)C(C)Oc1ccc(Br)cc1CN. The summed E-state index contributed by atoms with van der Waals surface area (Å²) in [4.78, 5) is 11.8. The standard InChI is InChI=1S/C14H21BrN2O2/c1-9(2)8-17-14(18)10(3)19-13-5-4-12(15)6-11(13)7-16/h4-6,9-10H,7-8,16H2,1-3H3,(H,17,18). The van der Waals surface area contributed by atoms with Gasteiger partial charge in [0.15, 0.2) is 6.10 Å². The van der Waals surface area contributed by atoms with Gasteiger partial charge in [-0.25, -0.2) is 0 Å². The van der Waals surface area contributed by atoms with Gasteiger partial charge in [-0.15, -0.1) is 0 Å². The highest BCUT2D eigenvalue weighted by molar-refractivity contribution is 9.10. The van der Waals surface area contributed by atoms with E-state index >= 15 is 0 Å². The summed E-state index contributed by atoms with van der Waals surface area (Å²) in [6.07, 6.45) is -0.537. The molecule has 0 spiro atoms. The van der Waals surface area contributed by atoms with Crippen LogP contribution in [0.4, 0.5) is 0 Å². The predicted molar refractivity (Wildman–Crippen MR) is 80.0 cm³/mol. The molecule has 1 unspecified atom stereocenters. The Balaban J connectivity index is 2.65. The normalized spacial score (nSPS) is 12.3.